The zero-order chi connectivity index (χ0) is 21.7. The number of benzene rings is 2. The molecule has 0 saturated carbocycles. The van der Waals surface area contributed by atoms with E-state index in [0.717, 1.165) is 21.9 Å². The molecule has 2 aromatic carbocycles. The van der Waals surface area contributed by atoms with Gasteiger partial charge in [-0.05, 0) is 55.8 Å². The van der Waals surface area contributed by atoms with Crippen molar-refractivity contribution in [3.63, 3.8) is 0 Å². The Labute approximate surface area is 180 Å². The summed E-state index contributed by atoms with van der Waals surface area (Å²) in [7, 11) is 3.41. The number of rotatable bonds is 7. The van der Waals surface area contributed by atoms with E-state index in [0.29, 0.717) is 17.8 Å². The van der Waals surface area contributed by atoms with E-state index in [2.05, 4.69) is 10.3 Å². The van der Waals surface area contributed by atoms with Gasteiger partial charge < -0.3 is 15.0 Å². The van der Waals surface area contributed by atoms with Crippen LogP contribution in [0, 0.1) is 0 Å². The van der Waals surface area contributed by atoms with Gasteiger partial charge >= 0.3 is 0 Å². The van der Waals surface area contributed by atoms with Crippen LogP contribution in [-0.4, -0.2) is 41.9 Å². The molecular weight excluding hydrogens is 398 g/mol. The maximum atomic E-state index is 12.5. The van der Waals surface area contributed by atoms with Gasteiger partial charge in [0.1, 0.15) is 16.5 Å². The van der Waals surface area contributed by atoms with E-state index in [1.54, 1.807) is 36.6 Å². The molecule has 0 unspecified atom stereocenters. The van der Waals surface area contributed by atoms with Crippen molar-refractivity contribution in [3.05, 3.63) is 70.7 Å². The van der Waals surface area contributed by atoms with Gasteiger partial charge in [-0.25, -0.2) is 4.98 Å². The van der Waals surface area contributed by atoms with Crippen molar-refractivity contribution in [3.8, 4) is 16.3 Å². The number of amides is 2. The van der Waals surface area contributed by atoms with Gasteiger partial charge in [0.15, 0.2) is 0 Å². The SMILES string of the molecule is COc1ccc(-c2nc(C(=O)NCc3ccc(C(=O)N(C)C(C)C)cc3)cs2)cc1. The minimum absolute atomic E-state index is 0.0193. The molecule has 3 rings (SSSR count). The Kier molecular flexibility index (Phi) is 6.84. The molecule has 0 aliphatic carbocycles. The number of aromatic nitrogens is 1. The van der Waals surface area contributed by atoms with Gasteiger partial charge in [-0.3, -0.25) is 9.59 Å². The van der Waals surface area contributed by atoms with Crippen LogP contribution >= 0.6 is 11.3 Å². The van der Waals surface area contributed by atoms with Crippen LogP contribution in [0.4, 0.5) is 0 Å². The number of ether oxygens (including phenoxy) is 1. The first-order chi connectivity index (χ1) is 14.4. The van der Waals surface area contributed by atoms with Gasteiger partial charge in [0.25, 0.3) is 11.8 Å². The minimum atomic E-state index is -0.231. The molecule has 0 atom stereocenters. The molecule has 0 spiro atoms. The summed E-state index contributed by atoms with van der Waals surface area (Å²) in [6.07, 6.45) is 0. The van der Waals surface area contributed by atoms with Crippen LogP contribution in [0.5, 0.6) is 5.75 Å². The summed E-state index contributed by atoms with van der Waals surface area (Å²) >= 11 is 1.42. The first-order valence-electron chi connectivity index (χ1n) is 9.63. The summed E-state index contributed by atoms with van der Waals surface area (Å²) in [6, 6.07) is 15.0. The van der Waals surface area contributed by atoms with E-state index in [-0.39, 0.29) is 17.9 Å². The molecule has 0 fully saturated rings. The van der Waals surface area contributed by atoms with Gasteiger partial charge in [0.2, 0.25) is 0 Å². The molecule has 0 aliphatic rings. The van der Waals surface area contributed by atoms with E-state index in [4.69, 9.17) is 4.74 Å². The number of hydrogen-bond acceptors (Lipinski definition) is 5. The second kappa shape index (κ2) is 9.54. The summed E-state index contributed by atoms with van der Waals surface area (Å²) in [5, 5.41) is 5.40. The van der Waals surface area contributed by atoms with Crippen LogP contribution in [0.15, 0.2) is 53.9 Å². The lowest BCUT2D eigenvalue weighted by Gasteiger charge is -2.21. The van der Waals surface area contributed by atoms with E-state index in [9.17, 15) is 9.59 Å². The summed E-state index contributed by atoms with van der Waals surface area (Å²) in [4.78, 5) is 30.9. The van der Waals surface area contributed by atoms with Gasteiger partial charge in [0, 0.05) is 36.1 Å². The highest BCUT2D eigenvalue weighted by atomic mass is 32.1. The van der Waals surface area contributed by atoms with Gasteiger partial charge in [-0.2, -0.15) is 0 Å². The van der Waals surface area contributed by atoms with Crippen molar-refractivity contribution in [2.75, 3.05) is 14.2 Å². The van der Waals surface area contributed by atoms with Crippen LogP contribution in [0.3, 0.4) is 0 Å². The number of hydrogen-bond donors (Lipinski definition) is 1. The van der Waals surface area contributed by atoms with E-state index in [1.807, 2.05) is 50.2 Å². The highest BCUT2D eigenvalue weighted by Crippen LogP contribution is 2.25. The number of nitrogens with one attached hydrogen (secondary N) is 1. The Morgan fingerprint density at radius 2 is 1.77 bits per heavy atom. The lowest BCUT2D eigenvalue weighted by molar-refractivity contribution is 0.0754. The predicted octanol–water partition coefficient (Wildman–Crippen LogP) is 4.23. The number of thiazole rings is 1. The van der Waals surface area contributed by atoms with E-state index < -0.39 is 0 Å². The summed E-state index contributed by atoms with van der Waals surface area (Å²) in [6.45, 7) is 4.31. The fourth-order valence-corrected chi connectivity index (χ4v) is 3.53. The first-order valence-corrected chi connectivity index (χ1v) is 10.5. The molecule has 0 aliphatic heterocycles. The molecule has 3 aromatic rings. The molecule has 1 aromatic heterocycles. The van der Waals surface area contributed by atoms with Gasteiger partial charge in [-0.1, -0.05) is 12.1 Å². The number of nitrogens with zero attached hydrogens (tertiary/aromatic N) is 2. The Balaban J connectivity index is 1.59. The average molecular weight is 424 g/mol. The standard InChI is InChI=1S/C23H25N3O3S/c1-15(2)26(3)23(28)18-7-5-16(6-8-18)13-24-21(27)20-14-30-22(25-20)17-9-11-19(29-4)12-10-17/h5-12,14-15H,13H2,1-4H3,(H,24,27). The van der Waals surface area contributed by atoms with Crippen molar-refractivity contribution in [2.24, 2.45) is 0 Å². The van der Waals surface area contributed by atoms with Crippen molar-refractivity contribution >= 4 is 23.2 Å². The van der Waals surface area contributed by atoms with E-state index >= 15 is 0 Å². The zero-order valence-electron chi connectivity index (χ0n) is 17.5. The number of carbonyl (C=O) groups is 2. The molecule has 6 nitrogen and oxygen atoms in total. The van der Waals surface area contributed by atoms with Crippen LogP contribution in [0.25, 0.3) is 10.6 Å². The maximum Gasteiger partial charge on any atom is 0.271 e. The third-order valence-electron chi connectivity index (χ3n) is 4.82. The predicted molar refractivity (Wildman–Crippen MR) is 119 cm³/mol. The lowest BCUT2D eigenvalue weighted by atomic mass is 10.1. The fourth-order valence-electron chi connectivity index (χ4n) is 2.72. The molecule has 7 heteroatoms. The maximum absolute atomic E-state index is 12.5. The second-order valence-corrected chi connectivity index (χ2v) is 8.01. The van der Waals surface area contributed by atoms with Crippen molar-refractivity contribution in [2.45, 2.75) is 26.4 Å². The Bertz CT molecular complexity index is 1010. The highest BCUT2D eigenvalue weighted by Gasteiger charge is 2.15. The molecule has 30 heavy (non-hydrogen) atoms. The molecule has 1 N–H and O–H groups in total. The monoisotopic (exact) mass is 423 g/mol. The van der Waals surface area contributed by atoms with Crippen LogP contribution in [0.2, 0.25) is 0 Å². The van der Waals surface area contributed by atoms with Gasteiger partial charge in [-0.15, -0.1) is 11.3 Å². The molecule has 156 valence electrons. The Morgan fingerprint density at radius 1 is 1.10 bits per heavy atom. The van der Waals surface area contributed by atoms with Crippen molar-refractivity contribution in [1.82, 2.24) is 15.2 Å². The molecule has 0 saturated heterocycles. The summed E-state index contributed by atoms with van der Waals surface area (Å²) in [5.41, 5.74) is 2.87. The van der Waals surface area contributed by atoms with Crippen LogP contribution < -0.4 is 10.1 Å². The molecule has 2 amide bonds. The fraction of sp³-hybridized carbons (Fsp3) is 0.261. The largest absolute Gasteiger partial charge is 0.497 e. The summed E-state index contributed by atoms with van der Waals surface area (Å²) < 4.78 is 5.16. The zero-order valence-corrected chi connectivity index (χ0v) is 18.3. The van der Waals surface area contributed by atoms with Crippen LogP contribution in [0.1, 0.15) is 40.3 Å². The van der Waals surface area contributed by atoms with Crippen molar-refractivity contribution in [1.29, 1.82) is 0 Å². The number of methoxy groups -OCH3 is 1. The van der Waals surface area contributed by atoms with Crippen LogP contribution in [-0.2, 0) is 6.54 Å². The van der Waals surface area contributed by atoms with Crippen molar-refractivity contribution < 1.29 is 14.3 Å². The first kappa shape index (κ1) is 21.5. The second-order valence-electron chi connectivity index (χ2n) is 7.16. The Morgan fingerprint density at radius 3 is 2.37 bits per heavy atom. The smallest absolute Gasteiger partial charge is 0.271 e. The molecule has 1 heterocycles. The Hall–Kier alpha value is -3.19. The third-order valence-corrected chi connectivity index (χ3v) is 5.71. The number of carbonyl (C=O) groups excluding carboxylic acids is 2. The molecule has 0 bridgehead atoms. The minimum Gasteiger partial charge on any atom is -0.497 e. The highest BCUT2D eigenvalue weighted by molar-refractivity contribution is 7.13. The topological polar surface area (TPSA) is 71.5 Å². The summed E-state index contributed by atoms with van der Waals surface area (Å²) in [5.74, 6) is 0.525. The normalized spacial score (nSPS) is 10.7. The average Bonchev–Trinajstić information content (AvgIpc) is 3.27. The third kappa shape index (κ3) is 5.04. The molecular formula is C23H25N3O3S. The molecule has 0 radical (unpaired) electrons. The lowest BCUT2D eigenvalue weighted by Crippen LogP contribution is -2.32. The van der Waals surface area contributed by atoms with Gasteiger partial charge in [0.05, 0.1) is 7.11 Å². The quantitative estimate of drug-likeness (QED) is 0.617. The van der Waals surface area contributed by atoms with E-state index in [1.165, 1.54) is 11.3 Å².